The molecule has 0 atom stereocenters. The van der Waals surface area contributed by atoms with Crippen molar-refractivity contribution in [1.29, 1.82) is 0 Å². The van der Waals surface area contributed by atoms with Crippen LogP contribution in [0.4, 0.5) is 17.3 Å². The molecule has 0 aliphatic carbocycles. The Kier molecular flexibility index (Phi) is 6.18. The van der Waals surface area contributed by atoms with E-state index in [0.29, 0.717) is 23.9 Å². The van der Waals surface area contributed by atoms with Crippen LogP contribution in [-0.2, 0) is 17.8 Å². The summed E-state index contributed by atoms with van der Waals surface area (Å²) in [6, 6.07) is 9.48. The molecule has 0 radical (unpaired) electrons. The molecule has 0 aliphatic rings. The molecule has 3 aromatic rings. The number of aryl methyl sites for hydroxylation is 1. The second-order valence-corrected chi connectivity index (χ2v) is 5.90. The van der Waals surface area contributed by atoms with Gasteiger partial charge < -0.3 is 15.6 Å². The maximum atomic E-state index is 12.0. The molecule has 0 aliphatic heterocycles. The Morgan fingerprint density at radius 2 is 1.96 bits per heavy atom. The first-order chi connectivity index (χ1) is 13.2. The van der Waals surface area contributed by atoms with Crippen LogP contribution in [-0.4, -0.2) is 32.0 Å². The van der Waals surface area contributed by atoms with Gasteiger partial charge in [0.2, 0.25) is 5.91 Å². The van der Waals surface area contributed by atoms with Gasteiger partial charge in [0.05, 0.1) is 12.7 Å². The van der Waals surface area contributed by atoms with Crippen LogP contribution in [0.5, 0.6) is 0 Å². The average molecular weight is 366 g/mol. The predicted octanol–water partition coefficient (Wildman–Crippen LogP) is 1.44. The Bertz CT molecular complexity index is 851. The van der Waals surface area contributed by atoms with E-state index in [0.717, 1.165) is 18.5 Å². The molecule has 0 fully saturated rings. The van der Waals surface area contributed by atoms with E-state index in [-0.39, 0.29) is 12.3 Å². The number of carbonyl (C=O) groups excluding carboxylic acids is 1. The molecule has 0 bridgehead atoms. The average Bonchev–Trinajstić information content (AvgIpc) is 3.20. The van der Waals surface area contributed by atoms with E-state index in [4.69, 9.17) is 5.73 Å². The summed E-state index contributed by atoms with van der Waals surface area (Å²) in [7, 11) is 0. The molecular formula is C18H22N8O. The summed E-state index contributed by atoms with van der Waals surface area (Å²) >= 11 is 0. The van der Waals surface area contributed by atoms with Crippen LogP contribution in [0, 0.1) is 0 Å². The third-order valence-electron chi connectivity index (χ3n) is 3.86. The highest BCUT2D eigenvalue weighted by Gasteiger charge is 2.09. The molecule has 0 saturated carbocycles. The second-order valence-electron chi connectivity index (χ2n) is 5.90. The summed E-state index contributed by atoms with van der Waals surface area (Å²) in [5.74, 6) is 0.688. The monoisotopic (exact) mass is 366 g/mol. The van der Waals surface area contributed by atoms with E-state index in [9.17, 15) is 4.79 Å². The SMILES string of the molecule is Nc1c(NCCCn2ccnc2)ncnc1NNC(=O)Cc1ccccc1. The quantitative estimate of drug-likeness (QED) is 0.334. The maximum Gasteiger partial charge on any atom is 0.242 e. The highest BCUT2D eigenvalue weighted by atomic mass is 16.2. The van der Waals surface area contributed by atoms with Crippen molar-refractivity contribution in [3.8, 4) is 0 Å². The van der Waals surface area contributed by atoms with Gasteiger partial charge in [0.15, 0.2) is 11.6 Å². The number of anilines is 3. The number of nitrogens with zero attached hydrogens (tertiary/aromatic N) is 4. The molecule has 9 nitrogen and oxygen atoms in total. The number of hydrazine groups is 1. The number of hydrogen-bond donors (Lipinski definition) is 4. The highest BCUT2D eigenvalue weighted by molar-refractivity contribution is 5.81. The number of hydrogen-bond acceptors (Lipinski definition) is 7. The Labute approximate surface area is 157 Å². The summed E-state index contributed by atoms with van der Waals surface area (Å²) in [6.45, 7) is 1.54. The number of nitrogens with two attached hydrogens (primary N) is 1. The lowest BCUT2D eigenvalue weighted by Crippen LogP contribution is -2.31. The fourth-order valence-electron chi connectivity index (χ4n) is 2.48. The molecule has 0 unspecified atom stereocenters. The van der Waals surface area contributed by atoms with E-state index in [1.165, 1.54) is 6.33 Å². The zero-order valence-corrected chi connectivity index (χ0v) is 14.8. The van der Waals surface area contributed by atoms with Crippen molar-refractivity contribution >= 4 is 23.2 Å². The molecule has 2 aromatic heterocycles. The number of benzene rings is 1. The molecule has 1 aromatic carbocycles. The molecule has 3 rings (SSSR count). The Morgan fingerprint density at radius 1 is 1.15 bits per heavy atom. The number of nitrogen functional groups attached to an aromatic ring is 1. The zero-order chi connectivity index (χ0) is 18.9. The topological polar surface area (TPSA) is 123 Å². The van der Waals surface area contributed by atoms with Crippen molar-refractivity contribution < 1.29 is 4.79 Å². The van der Waals surface area contributed by atoms with Crippen LogP contribution >= 0.6 is 0 Å². The first-order valence-electron chi connectivity index (χ1n) is 8.61. The van der Waals surface area contributed by atoms with Crippen LogP contribution in [0.1, 0.15) is 12.0 Å². The van der Waals surface area contributed by atoms with Gasteiger partial charge in [-0.2, -0.15) is 0 Å². The van der Waals surface area contributed by atoms with Gasteiger partial charge in [-0.05, 0) is 12.0 Å². The molecule has 2 heterocycles. The van der Waals surface area contributed by atoms with Gasteiger partial charge in [0.25, 0.3) is 0 Å². The lowest BCUT2D eigenvalue weighted by atomic mass is 10.1. The summed E-state index contributed by atoms with van der Waals surface area (Å²) < 4.78 is 2.00. The second kappa shape index (κ2) is 9.18. The number of imidazole rings is 1. The molecule has 140 valence electrons. The molecule has 27 heavy (non-hydrogen) atoms. The Morgan fingerprint density at radius 3 is 2.74 bits per heavy atom. The highest BCUT2D eigenvalue weighted by Crippen LogP contribution is 2.21. The zero-order valence-electron chi connectivity index (χ0n) is 14.8. The molecule has 0 saturated heterocycles. The van der Waals surface area contributed by atoms with Crippen LogP contribution < -0.4 is 21.9 Å². The van der Waals surface area contributed by atoms with Gasteiger partial charge in [-0.15, -0.1) is 0 Å². The third kappa shape index (κ3) is 5.43. The summed E-state index contributed by atoms with van der Waals surface area (Å²) in [5, 5.41) is 3.18. The van der Waals surface area contributed by atoms with Crippen LogP contribution in [0.25, 0.3) is 0 Å². The first-order valence-corrected chi connectivity index (χ1v) is 8.61. The van der Waals surface area contributed by atoms with Gasteiger partial charge in [0.1, 0.15) is 12.0 Å². The summed E-state index contributed by atoms with van der Waals surface area (Å²) in [5.41, 5.74) is 12.7. The molecule has 9 heteroatoms. The molecular weight excluding hydrogens is 344 g/mol. The smallest absolute Gasteiger partial charge is 0.242 e. The minimum atomic E-state index is -0.186. The Hall–Kier alpha value is -3.62. The van der Waals surface area contributed by atoms with E-state index < -0.39 is 0 Å². The van der Waals surface area contributed by atoms with E-state index in [1.807, 2.05) is 41.1 Å². The van der Waals surface area contributed by atoms with E-state index in [1.54, 1.807) is 12.5 Å². The third-order valence-corrected chi connectivity index (χ3v) is 3.86. The molecule has 5 N–H and O–H groups in total. The van der Waals surface area contributed by atoms with Crippen LogP contribution in [0.2, 0.25) is 0 Å². The molecule has 0 spiro atoms. The predicted molar refractivity (Wildman–Crippen MR) is 104 cm³/mol. The molecule has 1 amide bonds. The van der Waals surface area contributed by atoms with Crippen molar-refractivity contribution in [2.45, 2.75) is 19.4 Å². The number of nitrogens with one attached hydrogen (secondary N) is 3. The summed E-state index contributed by atoms with van der Waals surface area (Å²) in [6.07, 6.45) is 7.98. The van der Waals surface area contributed by atoms with Crippen molar-refractivity contribution in [2.75, 3.05) is 23.0 Å². The van der Waals surface area contributed by atoms with Crippen molar-refractivity contribution in [1.82, 2.24) is 24.9 Å². The van der Waals surface area contributed by atoms with Gasteiger partial charge in [0, 0.05) is 25.5 Å². The van der Waals surface area contributed by atoms with Gasteiger partial charge in [-0.3, -0.25) is 15.6 Å². The summed E-state index contributed by atoms with van der Waals surface area (Å²) in [4.78, 5) is 24.3. The minimum Gasteiger partial charge on any atom is -0.393 e. The van der Waals surface area contributed by atoms with Crippen molar-refractivity contribution in [3.05, 3.63) is 60.9 Å². The lowest BCUT2D eigenvalue weighted by Gasteiger charge is -2.13. The number of rotatable bonds is 9. The van der Waals surface area contributed by atoms with Crippen LogP contribution in [0.3, 0.4) is 0 Å². The Balaban J connectivity index is 1.47. The fraction of sp³-hybridized carbons (Fsp3) is 0.222. The van der Waals surface area contributed by atoms with E-state index in [2.05, 4.69) is 31.1 Å². The lowest BCUT2D eigenvalue weighted by molar-refractivity contribution is -0.119. The van der Waals surface area contributed by atoms with Gasteiger partial charge in [-0.1, -0.05) is 30.3 Å². The fourth-order valence-corrected chi connectivity index (χ4v) is 2.48. The standard InChI is InChI=1S/C18H22N8O/c19-16-17(21-7-4-9-26-10-8-20-13-26)22-12-23-18(16)25-24-15(27)11-14-5-2-1-3-6-14/h1-3,5-6,8,10,12-13H,4,7,9,11,19H2,(H,24,27)(H2,21,22,23,25). The maximum absolute atomic E-state index is 12.0. The number of carbonyl (C=O) groups is 1. The largest absolute Gasteiger partial charge is 0.393 e. The normalized spacial score (nSPS) is 10.4. The van der Waals surface area contributed by atoms with Gasteiger partial charge in [-0.25, -0.2) is 15.0 Å². The van der Waals surface area contributed by atoms with E-state index >= 15 is 0 Å². The van der Waals surface area contributed by atoms with Crippen molar-refractivity contribution in [3.63, 3.8) is 0 Å². The number of amides is 1. The first kappa shape index (κ1) is 18.2. The van der Waals surface area contributed by atoms with Crippen molar-refractivity contribution in [2.24, 2.45) is 0 Å². The number of aromatic nitrogens is 4. The van der Waals surface area contributed by atoms with Gasteiger partial charge >= 0.3 is 0 Å². The minimum absolute atomic E-state index is 0.186. The van der Waals surface area contributed by atoms with Crippen LogP contribution in [0.15, 0.2) is 55.4 Å².